The summed E-state index contributed by atoms with van der Waals surface area (Å²) in [6, 6.07) is 12.8. The van der Waals surface area contributed by atoms with Gasteiger partial charge in [-0.1, -0.05) is 30.3 Å². The molecule has 0 saturated carbocycles. The van der Waals surface area contributed by atoms with Crippen molar-refractivity contribution >= 4 is 17.5 Å². The molecule has 1 aliphatic rings. The van der Waals surface area contributed by atoms with Gasteiger partial charge in [-0.15, -0.1) is 0 Å². The number of nitrogens with one attached hydrogen (secondary N) is 1. The SMILES string of the molecule is CC(=O)Nc1cc(N(C)[C@H]2CCCN(Cc3ccccc3)C2)ncn1. The summed E-state index contributed by atoms with van der Waals surface area (Å²) >= 11 is 0. The molecule has 132 valence electrons. The van der Waals surface area contributed by atoms with Crippen molar-refractivity contribution in [3.8, 4) is 0 Å². The summed E-state index contributed by atoms with van der Waals surface area (Å²) in [6.45, 7) is 4.59. The molecule has 1 aromatic heterocycles. The molecule has 2 heterocycles. The number of carbonyl (C=O) groups is 1. The minimum atomic E-state index is -0.126. The van der Waals surface area contributed by atoms with E-state index in [9.17, 15) is 4.79 Å². The van der Waals surface area contributed by atoms with E-state index in [2.05, 4.69) is 62.5 Å². The summed E-state index contributed by atoms with van der Waals surface area (Å²) in [6.07, 6.45) is 3.81. The highest BCUT2D eigenvalue weighted by Crippen LogP contribution is 2.22. The Morgan fingerprint density at radius 1 is 1.32 bits per heavy atom. The van der Waals surface area contributed by atoms with Crippen molar-refractivity contribution in [1.29, 1.82) is 0 Å². The second kappa shape index (κ2) is 8.07. The predicted molar refractivity (Wildman–Crippen MR) is 99.5 cm³/mol. The fourth-order valence-corrected chi connectivity index (χ4v) is 3.31. The molecule has 0 spiro atoms. The first kappa shape index (κ1) is 17.4. The molecule has 1 aromatic carbocycles. The van der Waals surface area contributed by atoms with E-state index in [1.165, 1.54) is 25.2 Å². The minimum Gasteiger partial charge on any atom is -0.355 e. The maximum Gasteiger partial charge on any atom is 0.222 e. The standard InChI is InChI=1S/C19H25N5O/c1-15(25)22-18-11-19(21-14-20-18)23(2)17-9-6-10-24(13-17)12-16-7-4-3-5-8-16/h3-5,7-8,11,14,17H,6,9-10,12-13H2,1-2H3,(H,20,21,22,25)/t17-/m0/s1. The Morgan fingerprint density at radius 2 is 2.12 bits per heavy atom. The number of hydrogen-bond donors (Lipinski definition) is 1. The lowest BCUT2D eigenvalue weighted by Gasteiger charge is -2.38. The molecule has 6 nitrogen and oxygen atoms in total. The van der Waals surface area contributed by atoms with Gasteiger partial charge in [-0.3, -0.25) is 9.69 Å². The molecule has 0 bridgehead atoms. The molecule has 0 aliphatic carbocycles. The Morgan fingerprint density at radius 3 is 2.88 bits per heavy atom. The van der Waals surface area contributed by atoms with E-state index in [1.807, 2.05) is 6.07 Å². The quantitative estimate of drug-likeness (QED) is 0.907. The van der Waals surface area contributed by atoms with Crippen molar-refractivity contribution in [1.82, 2.24) is 14.9 Å². The first-order chi connectivity index (χ1) is 12.1. The molecular formula is C19H25N5O. The van der Waals surface area contributed by atoms with Gasteiger partial charge in [0.2, 0.25) is 5.91 Å². The van der Waals surface area contributed by atoms with Crippen LogP contribution in [0.1, 0.15) is 25.3 Å². The Kier molecular flexibility index (Phi) is 5.60. The highest BCUT2D eigenvalue weighted by Gasteiger charge is 2.24. The number of anilines is 2. The van der Waals surface area contributed by atoms with Gasteiger partial charge in [-0.05, 0) is 24.9 Å². The van der Waals surface area contributed by atoms with E-state index in [0.29, 0.717) is 11.9 Å². The second-order valence-corrected chi connectivity index (χ2v) is 6.57. The normalized spacial score (nSPS) is 17.9. The summed E-state index contributed by atoms with van der Waals surface area (Å²) in [7, 11) is 2.07. The van der Waals surface area contributed by atoms with Gasteiger partial charge in [0.1, 0.15) is 18.0 Å². The van der Waals surface area contributed by atoms with Crippen LogP contribution in [0, 0.1) is 0 Å². The summed E-state index contributed by atoms with van der Waals surface area (Å²) in [5, 5.41) is 2.72. The third-order valence-corrected chi connectivity index (χ3v) is 4.60. The fourth-order valence-electron chi connectivity index (χ4n) is 3.31. The van der Waals surface area contributed by atoms with Crippen LogP contribution in [-0.2, 0) is 11.3 Å². The monoisotopic (exact) mass is 339 g/mol. The smallest absolute Gasteiger partial charge is 0.222 e. The third kappa shape index (κ3) is 4.76. The number of amides is 1. The van der Waals surface area contributed by atoms with E-state index in [-0.39, 0.29) is 5.91 Å². The number of hydrogen-bond acceptors (Lipinski definition) is 5. The molecule has 6 heteroatoms. The molecular weight excluding hydrogens is 314 g/mol. The Balaban J connectivity index is 1.65. The predicted octanol–water partition coefficient (Wildman–Crippen LogP) is 2.54. The van der Waals surface area contributed by atoms with Gasteiger partial charge in [-0.2, -0.15) is 0 Å². The Labute approximate surface area is 148 Å². The van der Waals surface area contributed by atoms with Crippen LogP contribution in [0.25, 0.3) is 0 Å². The van der Waals surface area contributed by atoms with Gasteiger partial charge >= 0.3 is 0 Å². The number of rotatable bonds is 5. The highest BCUT2D eigenvalue weighted by atomic mass is 16.1. The Bertz CT molecular complexity index is 706. The van der Waals surface area contributed by atoms with Crippen LogP contribution < -0.4 is 10.2 Å². The number of benzene rings is 1. The summed E-state index contributed by atoms with van der Waals surface area (Å²) < 4.78 is 0. The summed E-state index contributed by atoms with van der Waals surface area (Å²) in [5.41, 5.74) is 1.35. The molecule has 1 amide bonds. The van der Waals surface area contributed by atoms with Crippen LogP contribution in [0.3, 0.4) is 0 Å². The van der Waals surface area contributed by atoms with E-state index < -0.39 is 0 Å². The molecule has 25 heavy (non-hydrogen) atoms. The maximum atomic E-state index is 11.2. The van der Waals surface area contributed by atoms with E-state index in [0.717, 1.165) is 31.9 Å². The van der Waals surface area contributed by atoms with Gasteiger partial charge in [-0.25, -0.2) is 9.97 Å². The third-order valence-electron chi connectivity index (χ3n) is 4.60. The van der Waals surface area contributed by atoms with Crippen molar-refractivity contribution < 1.29 is 4.79 Å². The first-order valence-electron chi connectivity index (χ1n) is 8.70. The van der Waals surface area contributed by atoms with Crippen LogP contribution in [0.2, 0.25) is 0 Å². The molecule has 1 N–H and O–H groups in total. The van der Waals surface area contributed by atoms with Gasteiger partial charge in [0.15, 0.2) is 0 Å². The number of likely N-dealkylation sites (tertiary alicyclic amines) is 1. The van der Waals surface area contributed by atoms with E-state index >= 15 is 0 Å². The number of piperidine rings is 1. The van der Waals surface area contributed by atoms with Crippen molar-refractivity contribution in [2.75, 3.05) is 30.4 Å². The zero-order valence-electron chi connectivity index (χ0n) is 14.9. The number of carbonyl (C=O) groups excluding carboxylic acids is 1. The molecule has 2 aromatic rings. The summed E-state index contributed by atoms with van der Waals surface area (Å²) in [4.78, 5) is 24.4. The number of nitrogens with zero attached hydrogens (tertiary/aromatic N) is 4. The molecule has 0 radical (unpaired) electrons. The lowest BCUT2D eigenvalue weighted by Crippen LogP contribution is -2.46. The van der Waals surface area contributed by atoms with Gasteiger partial charge in [0, 0.05) is 39.2 Å². The van der Waals surface area contributed by atoms with Gasteiger partial charge < -0.3 is 10.2 Å². The highest BCUT2D eigenvalue weighted by molar-refractivity contribution is 5.87. The minimum absolute atomic E-state index is 0.126. The van der Waals surface area contributed by atoms with Crippen LogP contribution in [-0.4, -0.2) is 47.0 Å². The van der Waals surface area contributed by atoms with Crippen LogP contribution >= 0.6 is 0 Å². The second-order valence-electron chi connectivity index (χ2n) is 6.57. The van der Waals surface area contributed by atoms with Crippen LogP contribution in [0.4, 0.5) is 11.6 Å². The zero-order valence-corrected chi connectivity index (χ0v) is 14.9. The molecule has 0 unspecified atom stereocenters. The van der Waals surface area contributed by atoms with Gasteiger partial charge in [0.05, 0.1) is 0 Å². The van der Waals surface area contributed by atoms with Crippen molar-refractivity contribution in [3.63, 3.8) is 0 Å². The topological polar surface area (TPSA) is 61.4 Å². The van der Waals surface area contributed by atoms with Crippen molar-refractivity contribution in [2.45, 2.75) is 32.4 Å². The lowest BCUT2D eigenvalue weighted by molar-refractivity contribution is -0.114. The zero-order chi connectivity index (χ0) is 17.6. The molecule has 1 saturated heterocycles. The average molecular weight is 339 g/mol. The van der Waals surface area contributed by atoms with E-state index in [1.54, 1.807) is 0 Å². The number of aromatic nitrogens is 2. The van der Waals surface area contributed by atoms with Crippen molar-refractivity contribution in [2.24, 2.45) is 0 Å². The largest absolute Gasteiger partial charge is 0.355 e. The average Bonchev–Trinajstić information content (AvgIpc) is 2.62. The molecule has 1 aliphatic heterocycles. The summed E-state index contributed by atoms with van der Waals surface area (Å²) in [5.74, 6) is 1.26. The molecule has 1 fully saturated rings. The first-order valence-corrected chi connectivity index (χ1v) is 8.70. The Hall–Kier alpha value is -2.47. The lowest BCUT2D eigenvalue weighted by atomic mass is 10.0. The van der Waals surface area contributed by atoms with Crippen molar-refractivity contribution in [3.05, 3.63) is 48.3 Å². The van der Waals surface area contributed by atoms with Crippen LogP contribution in [0.15, 0.2) is 42.7 Å². The maximum absolute atomic E-state index is 11.2. The molecule has 3 rings (SSSR count). The van der Waals surface area contributed by atoms with E-state index in [4.69, 9.17) is 0 Å². The fraction of sp³-hybridized carbons (Fsp3) is 0.421. The van der Waals surface area contributed by atoms with Gasteiger partial charge in [0.25, 0.3) is 0 Å². The van der Waals surface area contributed by atoms with Crippen LogP contribution in [0.5, 0.6) is 0 Å². The molecule has 1 atom stereocenters. The number of likely N-dealkylation sites (N-methyl/N-ethyl adjacent to an activating group) is 1.